The van der Waals surface area contributed by atoms with Crippen LogP contribution in [0, 0.1) is 11.3 Å². The highest BCUT2D eigenvalue weighted by atomic mass is 28.3. The van der Waals surface area contributed by atoms with Crippen molar-refractivity contribution in [1.29, 1.82) is 5.26 Å². The quantitative estimate of drug-likeness (QED) is 0.167. The number of rotatable bonds is 4. The topological polar surface area (TPSA) is 32.0 Å². The van der Waals surface area contributed by atoms with E-state index in [-0.39, 0.29) is 0 Å². The number of nitrogens with zero attached hydrogens (tertiary/aromatic N) is 3. The first-order chi connectivity index (χ1) is 28.9. The number of nitriles is 1. The van der Waals surface area contributed by atoms with Crippen LogP contribution in [0.3, 0.4) is 0 Å². The second-order valence-electron chi connectivity index (χ2n) is 17.2. The number of anilines is 3. The van der Waals surface area contributed by atoms with E-state index < -0.39 is 13.5 Å². The predicted octanol–water partition coefficient (Wildman–Crippen LogP) is 13.7. The summed E-state index contributed by atoms with van der Waals surface area (Å²) in [7, 11) is -1.56. The summed E-state index contributed by atoms with van der Waals surface area (Å²) < 4.78 is 2.52. The normalized spacial score (nSPS) is 15.1. The maximum absolute atomic E-state index is 9.85. The standard InChI is InChI=1S/C55H39N3Si/c1-59(2,3)39-30-28-38(29-31-39)57(37-26-23-35(34-56)24-27-37)51-33-48-53(43-17-7-6-15-41(43)51)52-40-14-5-4-13-36(40)25-32-46(52)55(48)45-19-9-11-22-50(45)58-49-21-10-8-16-42(49)44-18-12-20-47(55)54(44)58/h4-33H,1-3H3/q-1. The van der Waals surface area contributed by atoms with Crippen LogP contribution in [0.4, 0.5) is 17.1 Å². The second-order valence-corrected chi connectivity index (χ2v) is 22.3. The molecule has 0 radical (unpaired) electrons. The van der Waals surface area contributed by atoms with Crippen molar-refractivity contribution in [1.82, 2.24) is 4.57 Å². The lowest BCUT2D eigenvalue weighted by Gasteiger charge is -2.40. The molecule has 1 unspecified atom stereocenters. The van der Waals surface area contributed by atoms with Gasteiger partial charge in [-0.2, -0.15) is 30.1 Å². The van der Waals surface area contributed by atoms with E-state index in [0.717, 1.165) is 17.1 Å². The first-order valence-corrected chi connectivity index (χ1v) is 24.0. The summed E-state index contributed by atoms with van der Waals surface area (Å²) in [5.41, 5.74) is 14.7. The van der Waals surface area contributed by atoms with E-state index in [2.05, 4.69) is 205 Å². The molecule has 1 atom stereocenters. The monoisotopic (exact) mass is 769 g/mol. The van der Waals surface area contributed by atoms with Crippen molar-refractivity contribution < 1.29 is 0 Å². The third kappa shape index (κ3) is 4.51. The fraction of sp³-hybridized carbons (Fsp3) is 0.0727. The Morgan fingerprint density at radius 1 is 0.508 bits per heavy atom. The smallest absolute Gasteiger partial charge is 0.0991 e. The van der Waals surface area contributed by atoms with Crippen molar-refractivity contribution in [3.05, 3.63) is 210 Å². The molecule has 1 aliphatic carbocycles. The van der Waals surface area contributed by atoms with Gasteiger partial charge in [0, 0.05) is 27.5 Å². The van der Waals surface area contributed by atoms with Gasteiger partial charge in [-0.1, -0.05) is 127 Å². The van der Waals surface area contributed by atoms with Gasteiger partial charge in [0.25, 0.3) is 0 Å². The fourth-order valence-corrected chi connectivity index (χ4v) is 11.8. The van der Waals surface area contributed by atoms with E-state index in [1.165, 1.54) is 87.6 Å². The van der Waals surface area contributed by atoms with Crippen LogP contribution in [0.2, 0.25) is 19.6 Å². The van der Waals surface area contributed by atoms with Crippen LogP contribution in [0.25, 0.3) is 60.2 Å². The fourth-order valence-electron chi connectivity index (χ4n) is 10.6. The molecule has 59 heavy (non-hydrogen) atoms. The van der Waals surface area contributed by atoms with E-state index >= 15 is 0 Å². The molecule has 12 rings (SSSR count). The van der Waals surface area contributed by atoms with Crippen molar-refractivity contribution in [2.75, 3.05) is 4.90 Å². The lowest BCUT2D eigenvalue weighted by molar-refractivity contribution is 0.749. The highest BCUT2D eigenvalue weighted by molar-refractivity contribution is 6.88. The Kier molecular flexibility index (Phi) is 6.99. The van der Waals surface area contributed by atoms with Crippen molar-refractivity contribution in [3.8, 4) is 22.9 Å². The molecule has 0 amide bonds. The molecular formula is C55H39N3Si-. The molecule has 0 saturated carbocycles. The largest absolute Gasteiger partial charge is 0.310 e. The van der Waals surface area contributed by atoms with E-state index in [1.807, 2.05) is 12.1 Å². The van der Waals surface area contributed by atoms with Gasteiger partial charge < -0.3 is 9.47 Å². The molecular weight excluding hydrogens is 731 g/mol. The lowest BCUT2D eigenvalue weighted by atomic mass is 9.65. The van der Waals surface area contributed by atoms with Gasteiger partial charge in [-0.3, -0.25) is 0 Å². The van der Waals surface area contributed by atoms with Crippen LogP contribution in [0.1, 0.15) is 27.8 Å². The van der Waals surface area contributed by atoms with Gasteiger partial charge in [0.05, 0.1) is 39.5 Å². The second kappa shape index (κ2) is 12.2. The molecule has 279 valence electrons. The van der Waals surface area contributed by atoms with Crippen molar-refractivity contribution in [2.24, 2.45) is 0 Å². The molecule has 2 aliphatic rings. The first kappa shape index (κ1) is 33.9. The van der Waals surface area contributed by atoms with Crippen molar-refractivity contribution in [2.45, 2.75) is 25.1 Å². The molecule has 1 spiro atoms. The number of hydrogen-bond acceptors (Lipinski definition) is 2. The molecule has 0 N–H and O–H groups in total. The van der Waals surface area contributed by atoms with Gasteiger partial charge in [-0.25, -0.2) is 0 Å². The van der Waals surface area contributed by atoms with E-state index in [1.54, 1.807) is 0 Å². The van der Waals surface area contributed by atoms with Gasteiger partial charge >= 0.3 is 0 Å². The predicted molar refractivity (Wildman–Crippen MR) is 249 cm³/mol. The zero-order chi connectivity index (χ0) is 39.6. The average molecular weight is 770 g/mol. The summed E-state index contributed by atoms with van der Waals surface area (Å²) in [4.78, 5) is 2.42. The van der Waals surface area contributed by atoms with Gasteiger partial charge in [-0.05, 0) is 104 Å². The molecule has 1 aliphatic heterocycles. The van der Waals surface area contributed by atoms with Crippen LogP contribution in [0.15, 0.2) is 182 Å². The molecule has 1 aromatic heterocycles. The third-order valence-electron chi connectivity index (χ3n) is 13.1. The molecule has 4 heteroatoms. The van der Waals surface area contributed by atoms with Gasteiger partial charge in [0.1, 0.15) is 0 Å². The Morgan fingerprint density at radius 3 is 1.88 bits per heavy atom. The number of hydrogen-bond donors (Lipinski definition) is 0. The highest BCUT2D eigenvalue weighted by Crippen LogP contribution is 2.64. The van der Waals surface area contributed by atoms with Gasteiger partial charge in [0.2, 0.25) is 0 Å². The van der Waals surface area contributed by atoms with E-state index in [9.17, 15) is 5.26 Å². The van der Waals surface area contributed by atoms with Crippen LogP contribution < -0.4 is 10.1 Å². The Balaban J connectivity index is 1.28. The average Bonchev–Trinajstić information content (AvgIpc) is 3.77. The van der Waals surface area contributed by atoms with Gasteiger partial charge in [0.15, 0.2) is 0 Å². The number of benzene rings is 9. The van der Waals surface area contributed by atoms with Crippen LogP contribution in [0.5, 0.6) is 0 Å². The number of fused-ring (bicyclic) bond motifs is 16. The molecule has 0 saturated heterocycles. The van der Waals surface area contributed by atoms with Crippen LogP contribution >= 0.6 is 0 Å². The summed E-state index contributed by atoms with van der Waals surface area (Å²) in [6, 6.07) is 69.8. The Morgan fingerprint density at radius 2 is 1.12 bits per heavy atom. The molecule has 0 fully saturated rings. The summed E-state index contributed by atoms with van der Waals surface area (Å²) in [6.07, 6.45) is 0. The minimum Gasteiger partial charge on any atom is -0.310 e. The summed E-state index contributed by atoms with van der Waals surface area (Å²) in [5.74, 6) is 0. The summed E-state index contributed by atoms with van der Waals surface area (Å²) >= 11 is 0. The minimum atomic E-state index is -1.56. The molecule has 9 aromatic carbocycles. The van der Waals surface area contributed by atoms with E-state index in [0.29, 0.717) is 5.56 Å². The van der Waals surface area contributed by atoms with E-state index in [4.69, 9.17) is 0 Å². The highest BCUT2D eigenvalue weighted by Gasteiger charge is 2.52. The Bertz CT molecular complexity index is 3440. The molecule has 10 aromatic rings. The maximum Gasteiger partial charge on any atom is 0.0991 e. The lowest BCUT2D eigenvalue weighted by Crippen LogP contribution is -2.37. The Labute approximate surface area is 344 Å². The summed E-state index contributed by atoms with van der Waals surface area (Å²) in [5, 5.41) is 18.7. The van der Waals surface area contributed by atoms with Crippen LogP contribution in [-0.4, -0.2) is 12.6 Å². The molecule has 0 bridgehead atoms. The van der Waals surface area contributed by atoms with Crippen LogP contribution in [-0.2, 0) is 5.41 Å². The zero-order valence-electron chi connectivity index (χ0n) is 33.2. The zero-order valence-corrected chi connectivity index (χ0v) is 34.2. The van der Waals surface area contributed by atoms with Gasteiger partial charge in [-0.15, -0.1) is 8.07 Å². The summed E-state index contributed by atoms with van der Waals surface area (Å²) in [6.45, 7) is 7.20. The first-order valence-electron chi connectivity index (χ1n) is 20.5. The SMILES string of the molecule is C[Si-](C)(C)c1ccc(N(c2ccc(C#N)cc2)c2cc3c(c4ccccc24)-c2c(ccc4ccccc24)C32c3ccccc3-n3c4ccccc4c4cccc2c43)cc1. The molecule has 2 heterocycles. The third-order valence-corrected chi connectivity index (χ3v) is 15.2. The van der Waals surface area contributed by atoms with Crippen molar-refractivity contribution >= 4 is 73.7 Å². The molecule has 3 nitrogen and oxygen atoms in total. The Hall–Kier alpha value is -7.19. The number of aromatic nitrogens is 1. The van der Waals surface area contributed by atoms with Crippen molar-refractivity contribution in [3.63, 3.8) is 0 Å². The maximum atomic E-state index is 9.85. The number of para-hydroxylation sites is 3. The minimum absolute atomic E-state index is 0.633.